The summed E-state index contributed by atoms with van der Waals surface area (Å²) in [6.07, 6.45) is 6.93. The van der Waals surface area contributed by atoms with Crippen LogP contribution in [0.15, 0.2) is 0 Å². The largest absolute Gasteiger partial charge is 0.381 e. The van der Waals surface area contributed by atoms with Crippen LogP contribution in [0.4, 0.5) is 0 Å². The third kappa shape index (κ3) is 0.882. The monoisotopic (exact) mass is 167 g/mol. The van der Waals surface area contributed by atoms with Crippen molar-refractivity contribution in [1.82, 2.24) is 5.32 Å². The fourth-order valence-electron chi connectivity index (χ4n) is 3.32. The minimum Gasteiger partial charge on any atom is -0.381 e. The first-order valence-corrected chi connectivity index (χ1v) is 5.16. The average Bonchev–Trinajstić information content (AvgIpc) is 1.98. The maximum Gasteiger partial charge on any atom is 0.0471 e. The number of ether oxygens (including phenoxy) is 1. The predicted octanol–water partition coefficient (Wildman–Crippen LogP) is 1.31. The number of hydrogen-bond donors (Lipinski definition) is 1. The second-order valence-corrected chi connectivity index (χ2v) is 4.92. The molecule has 1 aliphatic carbocycles. The summed E-state index contributed by atoms with van der Waals surface area (Å²) in [5, 5.41) is 3.59. The summed E-state index contributed by atoms with van der Waals surface area (Å²) in [6.45, 7) is 3.28. The number of nitrogens with one attached hydrogen (secondary N) is 1. The molecule has 0 aromatic rings. The zero-order valence-corrected chi connectivity index (χ0v) is 7.57. The lowest BCUT2D eigenvalue weighted by atomic mass is 9.51. The summed E-state index contributed by atoms with van der Waals surface area (Å²) in [4.78, 5) is 0. The van der Waals surface area contributed by atoms with E-state index in [1.165, 1.54) is 38.6 Å². The minimum atomic E-state index is 0.608. The molecule has 0 radical (unpaired) electrons. The van der Waals surface area contributed by atoms with E-state index in [0.29, 0.717) is 11.0 Å². The smallest absolute Gasteiger partial charge is 0.0471 e. The van der Waals surface area contributed by atoms with Crippen molar-refractivity contribution in [3.05, 3.63) is 0 Å². The molecule has 2 heterocycles. The van der Waals surface area contributed by atoms with Gasteiger partial charge in [-0.05, 0) is 44.1 Å². The summed E-state index contributed by atoms with van der Waals surface area (Å²) in [5.41, 5.74) is 1.31. The third-order valence-electron chi connectivity index (χ3n) is 4.08. The predicted molar refractivity (Wildman–Crippen MR) is 47.1 cm³/mol. The van der Waals surface area contributed by atoms with Gasteiger partial charge in [-0.3, -0.25) is 0 Å². The molecule has 1 saturated carbocycles. The summed E-state index contributed by atoms with van der Waals surface area (Å²) < 4.78 is 5.40. The zero-order valence-electron chi connectivity index (χ0n) is 7.57. The van der Waals surface area contributed by atoms with E-state index in [0.717, 1.165) is 13.2 Å². The molecule has 2 saturated heterocycles. The van der Waals surface area contributed by atoms with Crippen molar-refractivity contribution in [2.75, 3.05) is 19.8 Å². The maximum absolute atomic E-state index is 5.40. The van der Waals surface area contributed by atoms with Crippen LogP contribution in [0.5, 0.6) is 0 Å². The van der Waals surface area contributed by atoms with Gasteiger partial charge in [-0.25, -0.2) is 0 Å². The van der Waals surface area contributed by atoms with Crippen LogP contribution in [0.1, 0.15) is 32.1 Å². The van der Waals surface area contributed by atoms with Crippen molar-refractivity contribution >= 4 is 0 Å². The van der Waals surface area contributed by atoms with Crippen LogP contribution in [-0.4, -0.2) is 25.3 Å². The van der Waals surface area contributed by atoms with E-state index >= 15 is 0 Å². The van der Waals surface area contributed by atoms with E-state index in [1.807, 2.05) is 0 Å². The van der Waals surface area contributed by atoms with Crippen LogP contribution in [0, 0.1) is 5.41 Å². The van der Waals surface area contributed by atoms with E-state index in [1.54, 1.807) is 0 Å². The molecule has 3 aliphatic rings. The highest BCUT2D eigenvalue weighted by molar-refractivity contribution is 5.13. The van der Waals surface area contributed by atoms with E-state index in [9.17, 15) is 0 Å². The average molecular weight is 167 g/mol. The third-order valence-corrected chi connectivity index (χ3v) is 4.08. The molecule has 0 atom stereocenters. The lowest BCUT2D eigenvalue weighted by Crippen LogP contribution is -2.68. The SMILES string of the molecule is C1CC2(CC3(CCOCC3)C2)N1. The molecule has 0 unspecified atom stereocenters. The Balaban J connectivity index is 1.65. The van der Waals surface area contributed by atoms with Crippen LogP contribution >= 0.6 is 0 Å². The Hall–Kier alpha value is -0.0800. The van der Waals surface area contributed by atoms with Crippen molar-refractivity contribution < 1.29 is 4.74 Å². The molecule has 0 bridgehead atoms. The van der Waals surface area contributed by atoms with Crippen molar-refractivity contribution in [3.63, 3.8) is 0 Å². The molecule has 1 N–H and O–H groups in total. The van der Waals surface area contributed by atoms with Gasteiger partial charge in [-0.1, -0.05) is 0 Å². The molecule has 2 spiro atoms. The zero-order chi connectivity index (χ0) is 8.07. The van der Waals surface area contributed by atoms with E-state index in [2.05, 4.69) is 5.32 Å². The van der Waals surface area contributed by atoms with Crippen LogP contribution in [0.25, 0.3) is 0 Å². The van der Waals surface area contributed by atoms with Crippen LogP contribution < -0.4 is 5.32 Å². The Morgan fingerprint density at radius 3 is 2.17 bits per heavy atom. The molecule has 2 heteroatoms. The Morgan fingerprint density at radius 1 is 1.00 bits per heavy atom. The van der Waals surface area contributed by atoms with Gasteiger partial charge in [0.1, 0.15) is 0 Å². The fourth-order valence-corrected chi connectivity index (χ4v) is 3.32. The Kier molecular flexibility index (Phi) is 1.37. The van der Waals surface area contributed by atoms with Crippen LogP contribution in [0.2, 0.25) is 0 Å². The standard InChI is InChI=1S/C10H17NO/c1-4-11-10(1)7-9(8-10)2-5-12-6-3-9/h11H,1-8H2. The normalized spacial score (nSPS) is 36.0. The number of hydrogen-bond acceptors (Lipinski definition) is 2. The molecule has 2 aliphatic heterocycles. The van der Waals surface area contributed by atoms with Crippen LogP contribution in [-0.2, 0) is 4.74 Å². The van der Waals surface area contributed by atoms with Crippen molar-refractivity contribution in [2.45, 2.75) is 37.6 Å². The van der Waals surface area contributed by atoms with Gasteiger partial charge in [0, 0.05) is 18.8 Å². The quantitative estimate of drug-likeness (QED) is 0.587. The Labute approximate surface area is 73.7 Å². The van der Waals surface area contributed by atoms with Gasteiger partial charge in [0.2, 0.25) is 0 Å². The highest BCUT2D eigenvalue weighted by Crippen LogP contribution is 2.57. The molecule has 68 valence electrons. The first-order chi connectivity index (χ1) is 5.83. The topological polar surface area (TPSA) is 21.3 Å². The molecule has 0 amide bonds. The molecular weight excluding hydrogens is 150 g/mol. The molecule has 3 fully saturated rings. The molecule has 0 aromatic carbocycles. The summed E-state index contributed by atoms with van der Waals surface area (Å²) in [5.74, 6) is 0. The summed E-state index contributed by atoms with van der Waals surface area (Å²) in [6, 6.07) is 0. The van der Waals surface area contributed by atoms with E-state index < -0.39 is 0 Å². The van der Waals surface area contributed by atoms with Gasteiger partial charge in [-0.2, -0.15) is 0 Å². The first-order valence-electron chi connectivity index (χ1n) is 5.16. The van der Waals surface area contributed by atoms with E-state index in [-0.39, 0.29) is 0 Å². The molecule has 2 nitrogen and oxygen atoms in total. The molecule has 3 rings (SSSR count). The van der Waals surface area contributed by atoms with Gasteiger partial charge < -0.3 is 10.1 Å². The molecular formula is C10H17NO. The highest BCUT2D eigenvalue weighted by atomic mass is 16.5. The summed E-state index contributed by atoms with van der Waals surface area (Å²) >= 11 is 0. The van der Waals surface area contributed by atoms with Gasteiger partial charge in [-0.15, -0.1) is 0 Å². The Morgan fingerprint density at radius 2 is 1.67 bits per heavy atom. The van der Waals surface area contributed by atoms with Gasteiger partial charge in [0.25, 0.3) is 0 Å². The second kappa shape index (κ2) is 2.24. The maximum atomic E-state index is 5.40. The van der Waals surface area contributed by atoms with E-state index in [4.69, 9.17) is 4.74 Å². The lowest BCUT2D eigenvalue weighted by molar-refractivity contribution is -0.105. The second-order valence-electron chi connectivity index (χ2n) is 4.92. The van der Waals surface area contributed by atoms with Crippen molar-refractivity contribution in [1.29, 1.82) is 0 Å². The first kappa shape index (κ1) is 7.34. The lowest BCUT2D eigenvalue weighted by Gasteiger charge is -2.62. The van der Waals surface area contributed by atoms with Gasteiger partial charge in [0.15, 0.2) is 0 Å². The summed E-state index contributed by atoms with van der Waals surface area (Å²) in [7, 11) is 0. The van der Waals surface area contributed by atoms with Crippen molar-refractivity contribution in [2.24, 2.45) is 5.41 Å². The molecule has 12 heavy (non-hydrogen) atoms. The molecule has 0 aromatic heterocycles. The fraction of sp³-hybridized carbons (Fsp3) is 1.00. The highest BCUT2D eigenvalue weighted by Gasteiger charge is 2.56. The van der Waals surface area contributed by atoms with Crippen LogP contribution in [0.3, 0.4) is 0 Å². The van der Waals surface area contributed by atoms with Gasteiger partial charge >= 0.3 is 0 Å². The van der Waals surface area contributed by atoms with Crippen molar-refractivity contribution in [3.8, 4) is 0 Å². The Bertz CT molecular complexity index is 182. The van der Waals surface area contributed by atoms with Gasteiger partial charge in [0.05, 0.1) is 0 Å². The minimum absolute atomic E-state index is 0.608. The number of rotatable bonds is 0.